The third kappa shape index (κ3) is 1.92. The number of ketones is 1. The molecule has 0 bridgehead atoms. The van der Waals surface area contributed by atoms with Gasteiger partial charge in [0.25, 0.3) is 0 Å². The van der Waals surface area contributed by atoms with E-state index in [0.29, 0.717) is 31.3 Å². The molecule has 0 fully saturated rings. The molecule has 1 aliphatic carbocycles. The number of carbonyl (C=O) groups is 1. The van der Waals surface area contributed by atoms with Gasteiger partial charge in [-0.25, -0.2) is 0 Å². The predicted octanol–water partition coefficient (Wildman–Crippen LogP) is 1.47. The molecule has 3 aliphatic rings. The van der Waals surface area contributed by atoms with Gasteiger partial charge in [0, 0.05) is 17.7 Å². The Morgan fingerprint density at radius 3 is 2.96 bits per heavy atom. The highest BCUT2D eigenvalue weighted by atomic mass is 16.6. The molecule has 0 radical (unpaired) electrons. The number of hydrogen-bond acceptors (Lipinski definition) is 7. The molecule has 1 atom stereocenters. The van der Waals surface area contributed by atoms with Crippen molar-refractivity contribution in [2.45, 2.75) is 25.3 Å². The van der Waals surface area contributed by atoms with Crippen molar-refractivity contribution < 1.29 is 14.3 Å². The van der Waals surface area contributed by atoms with Crippen LogP contribution in [0.1, 0.15) is 30.9 Å². The zero-order valence-electron chi connectivity index (χ0n) is 12.9. The van der Waals surface area contributed by atoms with Crippen LogP contribution in [-0.2, 0) is 4.79 Å². The molecule has 24 heavy (non-hydrogen) atoms. The number of Topliss-reactive ketones (excluding diaryl/α,β-unsaturated/α-hetero) is 1. The van der Waals surface area contributed by atoms with Gasteiger partial charge in [0.2, 0.25) is 5.95 Å². The molecule has 0 saturated heterocycles. The molecule has 1 N–H and O–H groups in total. The summed E-state index contributed by atoms with van der Waals surface area (Å²) in [6, 6.07) is 5.41. The van der Waals surface area contributed by atoms with Gasteiger partial charge in [0.05, 0.1) is 0 Å². The van der Waals surface area contributed by atoms with E-state index in [1.54, 1.807) is 4.68 Å². The number of aromatic nitrogens is 4. The number of fused-ring (bicyclic) bond motifs is 2. The molecule has 5 rings (SSSR count). The average molecular weight is 325 g/mol. The van der Waals surface area contributed by atoms with Crippen molar-refractivity contribution >= 4 is 11.7 Å². The number of nitrogens with one attached hydrogen (secondary N) is 1. The fourth-order valence-electron chi connectivity index (χ4n) is 3.56. The van der Waals surface area contributed by atoms with Crippen LogP contribution < -0.4 is 14.8 Å². The summed E-state index contributed by atoms with van der Waals surface area (Å²) in [5.74, 6) is 2.12. The molecule has 0 spiro atoms. The molecule has 0 unspecified atom stereocenters. The van der Waals surface area contributed by atoms with E-state index in [2.05, 4.69) is 20.8 Å². The molecule has 8 nitrogen and oxygen atoms in total. The Kier molecular flexibility index (Phi) is 2.85. The molecule has 0 amide bonds. The Balaban J connectivity index is 1.67. The van der Waals surface area contributed by atoms with E-state index in [9.17, 15) is 4.79 Å². The molecule has 3 heterocycles. The van der Waals surface area contributed by atoms with Gasteiger partial charge in [-0.1, -0.05) is 11.2 Å². The van der Waals surface area contributed by atoms with E-state index in [-0.39, 0.29) is 11.8 Å². The molecule has 122 valence electrons. The molecular weight excluding hydrogens is 310 g/mol. The SMILES string of the molecule is O=C1CCCC2=C1[C@H](c1ccc3c(c1)OCCO3)n1nnnc1N2. The largest absolute Gasteiger partial charge is 0.486 e. The molecule has 2 aliphatic heterocycles. The predicted molar refractivity (Wildman–Crippen MR) is 82.9 cm³/mol. The summed E-state index contributed by atoms with van der Waals surface area (Å²) in [5, 5.41) is 15.1. The van der Waals surface area contributed by atoms with Gasteiger partial charge in [0.15, 0.2) is 17.3 Å². The zero-order chi connectivity index (χ0) is 16.1. The minimum atomic E-state index is -0.338. The highest BCUT2D eigenvalue weighted by Gasteiger charge is 2.37. The van der Waals surface area contributed by atoms with Gasteiger partial charge in [-0.2, -0.15) is 4.68 Å². The number of nitrogens with zero attached hydrogens (tertiary/aromatic N) is 4. The number of ether oxygens (including phenoxy) is 2. The van der Waals surface area contributed by atoms with Crippen molar-refractivity contribution in [3.05, 3.63) is 35.0 Å². The summed E-state index contributed by atoms with van der Waals surface area (Å²) in [4.78, 5) is 12.6. The van der Waals surface area contributed by atoms with Gasteiger partial charge in [-0.05, 0) is 41.0 Å². The summed E-state index contributed by atoms with van der Waals surface area (Å²) < 4.78 is 12.9. The van der Waals surface area contributed by atoms with Crippen molar-refractivity contribution in [2.24, 2.45) is 0 Å². The lowest BCUT2D eigenvalue weighted by Crippen LogP contribution is -2.31. The van der Waals surface area contributed by atoms with Crippen LogP contribution in [0.2, 0.25) is 0 Å². The first kappa shape index (κ1) is 13.5. The molecule has 1 aromatic carbocycles. The second-order valence-electron chi connectivity index (χ2n) is 6.05. The molecular formula is C16H15N5O3. The first-order valence-electron chi connectivity index (χ1n) is 8.02. The summed E-state index contributed by atoms with van der Waals surface area (Å²) in [7, 11) is 0. The molecule has 2 aromatic rings. The fraction of sp³-hybridized carbons (Fsp3) is 0.375. The number of benzene rings is 1. The van der Waals surface area contributed by atoms with E-state index in [1.165, 1.54) is 0 Å². The number of allylic oxidation sites excluding steroid dienone is 2. The smallest absolute Gasteiger partial charge is 0.248 e. The number of carbonyl (C=O) groups excluding carboxylic acids is 1. The lowest BCUT2D eigenvalue weighted by molar-refractivity contribution is -0.116. The minimum absolute atomic E-state index is 0.143. The van der Waals surface area contributed by atoms with Gasteiger partial charge in [0.1, 0.15) is 19.3 Å². The van der Waals surface area contributed by atoms with Gasteiger partial charge >= 0.3 is 0 Å². The topological polar surface area (TPSA) is 91.2 Å². The molecule has 1 aromatic heterocycles. The third-order valence-corrected chi connectivity index (χ3v) is 4.61. The van der Waals surface area contributed by atoms with Crippen molar-refractivity contribution in [3.8, 4) is 11.5 Å². The van der Waals surface area contributed by atoms with Crippen molar-refractivity contribution in [1.29, 1.82) is 0 Å². The van der Waals surface area contributed by atoms with Crippen LogP contribution >= 0.6 is 0 Å². The lowest BCUT2D eigenvalue weighted by Gasteiger charge is -2.32. The van der Waals surface area contributed by atoms with Gasteiger partial charge in [-0.15, -0.1) is 0 Å². The monoisotopic (exact) mass is 325 g/mol. The third-order valence-electron chi connectivity index (χ3n) is 4.61. The Morgan fingerprint density at radius 2 is 2.04 bits per heavy atom. The minimum Gasteiger partial charge on any atom is -0.486 e. The molecule has 8 heteroatoms. The number of hydrogen-bond donors (Lipinski definition) is 1. The zero-order valence-corrected chi connectivity index (χ0v) is 12.9. The number of tetrazole rings is 1. The highest BCUT2D eigenvalue weighted by Crippen LogP contribution is 2.41. The Morgan fingerprint density at radius 1 is 1.17 bits per heavy atom. The van der Waals surface area contributed by atoms with Crippen LogP contribution in [0.5, 0.6) is 11.5 Å². The summed E-state index contributed by atoms with van der Waals surface area (Å²) in [6.07, 6.45) is 2.23. The first-order chi connectivity index (χ1) is 11.8. The maximum absolute atomic E-state index is 12.6. The van der Waals surface area contributed by atoms with Gasteiger partial charge in [-0.3, -0.25) is 4.79 Å². The van der Waals surface area contributed by atoms with Crippen LogP contribution in [0.25, 0.3) is 0 Å². The summed E-state index contributed by atoms with van der Waals surface area (Å²) in [5.41, 5.74) is 2.59. The molecule has 0 saturated carbocycles. The van der Waals surface area contributed by atoms with Crippen LogP contribution in [0.3, 0.4) is 0 Å². The van der Waals surface area contributed by atoms with E-state index < -0.39 is 0 Å². The van der Waals surface area contributed by atoms with Crippen LogP contribution in [0, 0.1) is 0 Å². The van der Waals surface area contributed by atoms with E-state index in [4.69, 9.17) is 9.47 Å². The normalized spacial score (nSPS) is 21.8. The van der Waals surface area contributed by atoms with E-state index in [0.717, 1.165) is 35.4 Å². The van der Waals surface area contributed by atoms with Crippen molar-refractivity contribution in [1.82, 2.24) is 20.2 Å². The van der Waals surface area contributed by atoms with Crippen LogP contribution in [0.4, 0.5) is 5.95 Å². The quantitative estimate of drug-likeness (QED) is 0.849. The van der Waals surface area contributed by atoms with E-state index in [1.807, 2.05) is 18.2 Å². The summed E-state index contributed by atoms with van der Waals surface area (Å²) in [6.45, 7) is 1.07. The Labute approximate surface area is 137 Å². The van der Waals surface area contributed by atoms with Crippen LogP contribution in [0.15, 0.2) is 29.5 Å². The van der Waals surface area contributed by atoms with Crippen LogP contribution in [-0.4, -0.2) is 39.2 Å². The average Bonchev–Trinajstić information content (AvgIpc) is 3.08. The second-order valence-corrected chi connectivity index (χ2v) is 6.05. The number of rotatable bonds is 1. The second kappa shape index (κ2) is 5.05. The van der Waals surface area contributed by atoms with Crippen molar-refractivity contribution in [2.75, 3.05) is 18.5 Å². The van der Waals surface area contributed by atoms with E-state index >= 15 is 0 Å². The standard InChI is InChI=1S/C16H15N5O3/c22-11-3-1-2-10-14(11)15(21-16(17-10)18-19-20-21)9-4-5-12-13(8-9)24-7-6-23-12/h4-5,8,15H,1-3,6-7H2,(H,17,18,20)/t15-/m0/s1. The maximum atomic E-state index is 12.6. The fourth-order valence-corrected chi connectivity index (χ4v) is 3.56. The number of anilines is 1. The van der Waals surface area contributed by atoms with Crippen molar-refractivity contribution in [3.63, 3.8) is 0 Å². The maximum Gasteiger partial charge on any atom is 0.248 e. The first-order valence-corrected chi connectivity index (χ1v) is 8.02. The Hall–Kier alpha value is -2.90. The highest BCUT2D eigenvalue weighted by molar-refractivity contribution is 5.99. The summed E-state index contributed by atoms with van der Waals surface area (Å²) >= 11 is 0. The Bertz CT molecular complexity index is 872. The lowest BCUT2D eigenvalue weighted by atomic mass is 9.85. The van der Waals surface area contributed by atoms with Gasteiger partial charge < -0.3 is 14.8 Å².